The van der Waals surface area contributed by atoms with Crippen molar-refractivity contribution >= 4 is 12.4 Å². The Bertz CT molecular complexity index is 254. The van der Waals surface area contributed by atoms with Gasteiger partial charge in [0.1, 0.15) is 0 Å². The lowest BCUT2D eigenvalue weighted by atomic mass is 9.98. The van der Waals surface area contributed by atoms with Gasteiger partial charge >= 0.3 is 0 Å². The minimum atomic E-state index is 0. The molecule has 0 bridgehead atoms. The van der Waals surface area contributed by atoms with Gasteiger partial charge in [0.05, 0.1) is 0 Å². The van der Waals surface area contributed by atoms with Crippen molar-refractivity contribution in [2.75, 3.05) is 0 Å². The molecule has 0 saturated carbocycles. The van der Waals surface area contributed by atoms with E-state index < -0.39 is 0 Å². The summed E-state index contributed by atoms with van der Waals surface area (Å²) in [7, 11) is 0. The fourth-order valence-corrected chi connectivity index (χ4v) is 1.36. The van der Waals surface area contributed by atoms with E-state index in [2.05, 4.69) is 45.0 Å². The van der Waals surface area contributed by atoms with Crippen LogP contribution in [-0.4, -0.2) is 0 Å². The molecule has 0 fully saturated rings. The minimum absolute atomic E-state index is 0. The van der Waals surface area contributed by atoms with Crippen LogP contribution in [0.3, 0.4) is 0 Å². The number of hydrogen-bond donors (Lipinski definition) is 1. The predicted octanol–water partition coefficient (Wildman–Crippen LogP) is 3.64. The Kier molecular flexibility index (Phi) is 5.82. The van der Waals surface area contributed by atoms with Crippen LogP contribution in [-0.2, 0) is 0 Å². The van der Waals surface area contributed by atoms with Gasteiger partial charge in [-0.25, -0.2) is 0 Å². The van der Waals surface area contributed by atoms with Gasteiger partial charge in [-0.2, -0.15) is 0 Å². The molecule has 1 atom stereocenters. The van der Waals surface area contributed by atoms with Crippen LogP contribution in [0.5, 0.6) is 0 Å². The summed E-state index contributed by atoms with van der Waals surface area (Å²) < 4.78 is 0. The second-order valence-electron chi connectivity index (χ2n) is 3.84. The molecule has 2 heteroatoms. The normalized spacial score (nSPS) is 12.4. The molecule has 0 amide bonds. The van der Waals surface area contributed by atoms with Crippen molar-refractivity contribution in [1.82, 2.24) is 0 Å². The van der Waals surface area contributed by atoms with Crippen molar-refractivity contribution in [3.8, 4) is 0 Å². The van der Waals surface area contributed by atoms with Gasteiger partial charge in [-0.3, -0.25) is 0 Å². The number of hydrogen-bond acceptors (Lipinski definition) is 1. The van der Waals surface area contributed by atoms with E-state index in [-0.39, 0.29) is 18.4 Å². The van der Waals surface area contributed by atoms with Gasteiger partial charge in [0.15, 0.2) is 0 Å². The van der Waals surface area contributed by atoms with Gasteiger partial charge in [-0.05, 0) is 23.5 Å². The van der Waals surface area contributed by atoms with Crippen molar-refractivity contribution in [3.05, 3.63) is 35.4 Å². The quantitative estimate of drug-likeness (QED) is 0.815. The van der Waals surface area contributed by atoms with E-state index in [1.165, 1.54) is 11.1 Å². The highest BCUT2D eigenvalue weighted by Gasteiger charge is 2.03. The van der Waals surface area contributed by atoms with Crippen LogP contribution in [0, 0.1) is 0 Å². The summed E-state index contributed by atoms with van der Waals surface area (Å²) in [5.41, 5.74) is 8.54. The molecule has 1 rings (SSSR count). The Balaban J connectivity index is 0.00000169. The molecule has 1 nitrogen and oxygen atoms in total. The van der Waals surface area contributed by atoms with Gasteiger partial charge in [0, 0.05) is 6.04 Å². The van der Waals surface area contributed by atoms with Gasteiger partial charge in [0.2, 0.25) is 0 Å². The molecule has 80 valence electrons. The van der Waals surface area contributed by atoms with Crippen LogP contribution < -0.4 is 5.73 Å². The summed E-state index contributed by atoms with van der Waals surface area (Å²) in [5, 5.41) is 0. The van der Waals surface area contributed by atoms with Crippen LogP contribution in [0.25, 0.3) is 0 Å². The highest BCUT2D eigenvalue weighted by Crippen LogP contribution is 2.18. The Labute approximate surface area is 93.1 Å². The molecule has 14 heavy (non-hydrogen) atoms. The zero-order chi connectivity index (χ0) is 9.84. The molecule has 0 radical (unpaired) electrons. The summed E-state index contributed by atoms with van der Waals surface area (Å²) in [6.45, 7) is 6.52. The molecule has 1 aromatic carbocycles. The molecule has 0 unspecified atom stereocenters. The van der Waals surface area contributed by atoms with Crippen LogP contribution in [0.4, 0.5) is 0 Å². The third-order valence-electron chi connectivity index (χ3n) is 2.47. The number of nitrogens with two attached hydrogens (primary N) is 1. The summed E-state index contributed by atoms with van der Waals surface area (Å²) in [6, 6.07) is 8.83. The van der Waals surface area contributed by atoms with E-state index in [1.807, 2.05) is 0 Å². The maximum atomic E-state index is 5.92. The van der Waals surface area contributed by atoms with E-state index in [1.54, 1.807) is 0 Å². The SMILES string of the molecule is CC[C@H](N)c1ccc(C(C)C)cc1.Cl. The van der Waals surface area contributed by atoms with E-state index in [9.17, 15) is 0 Å². The van der Waals surface area contributed by atoms with E-state index in [4.69, 9.17) is 5.73 Å². The highest BCUT2D eigenvalue weighted by molar-refractivity contribution is 5.85. The first-order chi connectivity index (χ1) is 6.15. The van der Waals surface area contributed by atoms with Crippen LogP contribution >= 0.6 is 12.4 Å². The van der Waals surface area contributed by atoms with Crippen molar-refractivity contribution < 1.29 is 0 Å². The standard InChI is InChI=1S/C12H19N.ClH/c1-4-12(13)11-7-5-10(6-8-11)9(2)3;/h5-9,12H,4,13H2,1-3H3;1H/t12-;/m0./s1. The monoisotopic (exact) mass is 213 g/mol. The topological polar surface area (TPSA) is 26.0 Å². The number of rotatable bonds is 3. The molecule has 1 aromatic rings. The van der Waals surface area contributed by atoms with Gasteiger partial charge in [0.25, 0.3) is 0 Å². The van der Waals surface area contributed by atoms with E-state index in [0.29, 0.717) is 5.92 Å². The third kappa shape index (κ3) is 3.32. The van der Waals surface area contributed by atoms with Crippen molar-refractivity contribution in [2.24, 2.45) is 5.73 Å². The smallest absolute Gasteiger partial charge is 0.0292 e. The molecular formula is C12H20ClN. The highest BCUT2D eigenvalue weighted by atomic mass is 35.5. The first-order valence-corrected chi connectivity index (χ1v) is 5.00. The molecular weight excluding hydrogens is 194 g/mol. The summed E-state index contributed by atoms with van der Waals surface area (Å²) in [4.78, 5) is 0. The molecule has 0 aliphatic carbocycles. The Morgan fingerprint density at radius 1 is 1.07 bits per heavy atom. The lowest BCUT2D eigenvalue weighted by molar-refractivity contribution is 0.697. The molecule has 0 saturated heterocycles. The first kappa shape index (κ1) is 13.5. The van der Waals surface area contributed by atoms with Crippen LogP contribution in [0.1, 0.15) is 50.3 Å². The summed E-state index contributed by atoms with van der Waals surface area (Å²) >= 11 is 0. The predicted molar refractivity (Wildman–Crippen MR) is 65.0 cm³/mol. The average molecular weight is 214 g/mol. The number of benzene rings is 1. The van der Waals surface area contributed by atoms with Gasteiger partial charge in [-0.15, -0.1) is 12.4 Å². The summed E-state index contributed by atoms with van der Waals surface area (Å²) in [6.07, 6.45) is 1.00. The Morgan fingerprint density at radius 2 is 1.50 bits per heavy atom. The fourth-order valence-electron chi connectivity index (χ4n) is 1.36. The molecule has 0 spiro atoms. The van der Waals surface area contributed by atoms with Gasteiger partial charge in [-0.1, -0.05) is 45.0 Å². The fraction of sp³-hybridized carbons (Fsp3) is 0.500. The minimum Gasteiger partial charge on any atom is -0.324 e. The van der Waals surface area contributed by atoms with Crippen molar-refractivity contribution in [3.63, 3.8) is 0 Å². The van der Waals surface area contributed by atoms with E-state index >= 15 is 0 Å². The van der Waals surface area contributed by atoms with Gasteiger partial charge < -0.3 is 5.73 Å². The zero-order valence-electron chi connectivity index (χ0n) is 9.16. The Morgan fingerprint density at radius 3 is 1.86 bits per heavy atom. The zero-order valence-corrected chi connectivity index (χ0v) is 9.97. The largest absolute Gasteiger partial charge is 0.324 e. The van der Waals surface area contributed by atoms with Crippen LogP contribution in [0.15, 0.2) is 24.3 Å². The lowest BCUT2D eigenvalue weighted by Crippen LogP contribution is -2.08. The second-order valence-corrected chi connectivity index (χ2v) is 3.84. The number of halogens is 1. The molecule has 0 aliphatic heterocycles. The average Bonchev–Trinajstić information content (AvgIpc) is 2.17. The molecule has 2 N–H and O–H groups in total. The maximum absolute atomic E-state index is 5.92. The lowest BCUT2D eigenvalue weighted by Gasteiger charge is -2.11. The molecule has 0 aliphatic rings. The first-order valence-electron chi connectivity index (χ1n) is 5.00. The molecule has 0 heterocycles. The van der Waals surface area contributed by atoms with Crippen molar-refractivity contribution in [2.45, 2.75) is 39.2 Å². The van der Waals surface area contributed by atoms with Crippen molar-refractivity contribution in [1.29, 1.82) is 0 Å². The van der Waals surface area contributed by atoms with Crippen LogP contribution in [0.2, 0.25) is 0 Å². The second kappa shape index (κ2) is 6.05. The third-order valence-corrected chi connectivity index (χ3v) is 2.47. The summed E-state index contributed by atoms with van der Waals surface area (Å²) in [5.74, 6) is 0.604. The Hall–Kier alpha value is -0.530. The van der Waals surface area contributed by atoms with E-state index in [0.717, 1.165) is 6.42 Å². The maximum Gasteiger partial charge on any atom is 0.0292 e. The molecule has 0 aromatic heterocycles.